The van der Waals surface area contributed by atoms with E-state index in [9.17, 15) is 13.6 Å². The Hall–Kier alpha value is -3.25. The van der Waals surface area contributed by atoms with Crippen molar-refractivity contribution in [3.05, 3.63) is 94.6 Å². The Morgan fingerprint density at radius 3 is 2.35 bits per heavy atom. The van der Waals surface area contributed by atoms with Gasteiger partial charge in [-0.25, -0.2) is 4.39 Å². The van der Waals surface area contributed by atoms with Crippen LogP contribution in [0.15, 0.2) is 60.7 Å². The van der Waals surface area contributed by atoms with Gasteiger partial charge in [-0.15, -0.1) is 0 Å². The Balaban J connectivity index is 1.92. The normalized spacial score (nSPS) is 11.8. The van der Waals surface area contributed by atoms with Gasteiger partial charge in [0, 0.05) is 12.2 Å². The van der Waals surface area contributed by atoms with Gasteiger partial charge in [-0.2, -0.15) is 4.39 Å². The molecule has 0 bridgehead atoms. The van der Waals surface area contributed by atoms with Gasteiger partial charge < -0.3 is 15.4 Å². The third kappa shape index (κ3) is 4.91. The standard InChI is InChI=1S/C25H26F2N2O2/c1-16-9-11-20(15-17(16)2)29(25(30)24(28)19-7-5-4-6-8-19)14-13-18-10-12-21(31-3)23(27)22(18)26/h4-12,15,24H,13-14,28H2,1-3H3. The first-order valence-electron chi connectivity index (χ1n) is 10.0. The maximum absolute atomic E-state index is 14.5. The predicted octanol–water partition coefficient (Wildman–Crippen LogP) is 4.87. The molecule has 31 heavy (non-hydrogen) atoms. The maximum Gasteiger partial charge on any atom is 0.248 e. The lowest BCUT2D eigenvalue weighted by molar-refractivity contribution is -0.120. The molecule has 0 fully saturated rings. The van der Waals surface area contributed by atoms with E-state index in [-0.39, 0.29) is 30.2 Å². The van der Waals surface area contributed by atoms with E-state index >= 15 is 0 Å². The van der Waals surface area contributed by atoms with Crippen molar-refractivity contribution in [2.24, 2.45) is 5.73 Å². The molecule has 3 rings (SSSR count). The summed E-state index contributed by atoms with van der Waals surface area (Å²) < 4.78 is 33.4. The number of carbonyl (C=O) groups excluding carboxylic acids is 1. The summed E-state index contributed by atoms with van der Waals surface area (Å²) in [4.78, 5) is 14.9. The Labute approximate surface area is 181 Å². The number of rotatable bonds is 7. The first kappa shape index (κ1) is 22.4. The molecule has 0 radical (unpaired) electrons. The highest BCUT2D eigenvalue weighted by Crippen LogP contribution is 2.26. The number of hydrogen-bond donors (Lipinski definition) is 1. The molecule has 0 saturated heterocycles. The van der Waals surface area contributed by atoms with E-state index in [0.717, 1.165) is 11.1 Å². The molecule has 1 atom stereocenters. The smallest absolute Gasteiger partial charge is 0.248 e. The molecule has 0 aliphatic heterocycles. The third-order valence-corrected chi connectivity index (χ3v) is 5.44. The molecule has 0 spiro atoms. The Morgan fingerprint density at radius 1 is 1.00 bits per heavy atom. The van der Waals surface area contributed by atoms with Crippen LogP contribution in [0.2, 0.25) is 0 Å². The summed E-state index contributed by atoms with van der Waals surface area (Å²) in [6.45, 7) is 4.08. The molecule has 1 unspecified atom stereocenters. The minimum absolute atomic E-state index is 0.118. The maximum atomic E-state index is 14.5. The van der Waals surface area contributed by atoms with Crippen molar-refractivity contribution in [2.75, 3.05) is 18.6 Å². The molecule has 3 aromatic carbocycles. The number of methoxy groups -OCH3 is 1. The molecule has 1 amide bonds. The van der Waals surface area contributed by atoms with E-state index in [1.165, 1.54) is 24.1 Å². The first-order valence-corrected chi connectivity index (χ1v) is 10.0. The van der Waals surface area contributed by atoms with Gasteiger partial charge in [0.25, 0.3) is 0 Å². The van der Waals surface area contributed by atoms with Gasteiger partial charge in [0.05, 0.1) is 7.11 Å². The SMILES string of the molecule is COc1ccc(CCN(C(=O)C(N)c2ccccc2)c2ccc(C)c(C)c2)c(F)c1F. The molecule has 0 saturated carbocycles. The van der Waals surface area contributed by atoms with Crippen molar-refractivity contribution in [2.45, 2.75) is 26.3 Å². The van der Waals surface area contributed by atoms with Gasteiger partial charge in [-0.05, 0) is 60.7 Å². The molecule has 0 aromatic heterocycles. The number of halogens is 2. The topological polar surface area (TPSA) is 55.6 Å². The van der Waals surface area contributed by atoms with Crippen molar-refractivity contribution in [1.29, 1.82) is 0 Å². The van der Waals surface area contributed by atoms with Crippen LogP contribution < -0.4 is 15.4 Å². The molecule has 0 aliphatic carbocycles. The fraction of sp³-hybridized carbons (Fsp3) is 0.240. The summed E-state index contributed by atoms with van der Waals surface area (Å²) in [7, 11) is 1.28. The summed E-state index contributed by atoms with van der Waals surface area (Å²) in [5.74, 6) is -2.48. The molecule has 6 heteroatoms. The zero-order valence-electron chi connectivity index (χ0n) is 17.9. The van der Waals surface area contributed by atoms with Crippen LogP contribution in [0.3, 0.4) is 0 Å². The Bertz CT molecular complexity index is 1070. The van der Waals surface area contributed by atoms with E-state index in [1.807, 2.05) is 50.2 Å². The number of carbonyl (C=O) groups is 1. The number of nitrogens with zero attached hydrogens (tertiary/aromatic N) is 1. The van der Waals surface area contributed by atoms with Crippen LogP contribution in [0.4, 0.5) is 14.5 Å². The van der Waals surface area contributed by atoms with E-state index in [2.05, 4.69) is 0 Å². The molecule has 2 N–H and O–H groups in total. The van der Waals surface area contributed by atoms with Crippen LogP contribution in [0.25, 0.3) is 0 Å². The Kier molecular flexibility index (Phi) is 7.02. The molecule has 3 aromatic rings. The molecule has 4 nitrogen and oxygen atoms in total. The third-order valence-electron chi connectivity index (χ3n) is 5.44. The average Bonchev–Trinajstić information content (AvgIpc) is 2.79. The number of hydrogen-bond acceptors (Lipinski definition) is 3. The lowest BCUT2D eigenvalue weighted by Crippen LogP contribution is -2.40. The highest BCUT2D eigenvalue weighted by molar-refractivity contribution is 5.97. The largest absolute Gasteiger partial charge is 0.494 e. The van der Waals surface area contributed by atoms with Crippen molar-refractivity contribution >= 4 is 11.6 Å². The second-order valence-electron chi connectivity index (χ2n) is 7.45. The molecule has 162 valence electrons. The number of ether oxygens (including phenoxy) is 1. The van der Waals surface area contributed by atoms with Crippen LogP contribution in [-0.2, 0) is 11.2 Å². The molecular formula is C25H26F2N2O2. The number of aryl methyl sites for hydroxylation is 2. The minimum Gasteiger partial charge on any atom is -0.494 e. The highest BCUT2D eigenvalue weighted by Gasteiger charge is 2.25. The van der Waals surface area contributed by atoms with E-state index < -0.39 is 17.7 Å². The highest BCUT2D eigenvalue weighted by atomic mass is 19.2. The van der Waals surface area contributed by atoms with Gasteiger partial charge in [-0.3, -0.25) is 4.79 Å². The number of benzene rings is 3. The molecule has 0 heterocycles. The van der Waals surface area contributed by atoms with E-state index in [1.54, 1.807) is 12.1 Å². The summed E-state index contributed by atoms with van der Waals surface area (Å²) in [6.07, 6.45) is 0.118. The van der Waals surface area contributed by atoms with Crippen LogP contribution in [0, 0.1) is 25.5 Å². The lowest BCUT2D eigenvalue weighted by atomic mass is 10.0. The fourth-order valence-corrected chi connectivity index (χ4v) is 3.39. The second kappa shape index (κ2) is 9.71. The summed E-state index contributed by atoms with van der Waals surface area (Å²) in [5, 5.41) is 0. The van der Waals surface area contributed by atoms with Crippen LogP contribution >= 0.6 is 0 Å². The van der Waals surface area contributed by atoms with Gasteiger partial charge in [0.2, 0.25) is 11.7 Å². The van der Waals surface area contributed by atoms with E-state index in [0.29, 0.717) is 11.3 Å². The van der Waals surface area contributed by atoms with Crippen LogP contribution in [0.5, 0.6) is 5.75 Å². The second-order valence-corrected chi connectivity index (χ2v) is 7.45. The van der Waals surface area contributed by atoms with Gasteiger partial charge in [0.1, 0.15) is 6.04 Å². The van der Waals surface area contributed by atoms with Gasteiger partial charge in [-0.1, -0.05) is 42.5 Å². The van der Waals surface area contributed by atoms with Crippen molar-refractivity contribution in [3.63, 3.8) is 0 Å². The van der Waals surface area contributed by atoms with Gasteiger partial charge in [0.15, 0.2) is 11.6 Å². The number of anilines is 1. The Morgan fingerprint density at radius 2 is 1.71 bits per heavy atom. The van der Waals surface area contributed by atoms with Crippen molar-refractivity contribution in [3.8, 4) is 5.75 Å². The minimum atomic E-state index is -1.04. The summed E-state index contributed by atoms with van der Waals surface area (Å²) >= 11 is 0. The lowest BCUT2D eigenvalue weighted by Gasteiger charge is -2.27. The average molecular weight is 424 g/mol. The molecular weight excluding hydrogens is 398 g/mol. The van der Waals surface area contributed by atoms with Crippen molar-refractivity contribution in [1.82, 2.24) is 0 Å². The zero-order valence-corrected chi connectivity index (χ0v) is 17.9. The number of amides is 1. The fourth-order valence-electron chi connectivity index (χ4n) is 3.39. The summed E-state index contributed by atoms with van der Waals surface area (Å²) in [5.41, 5.74) is 9.88. The first-order chi connectivity index (χ1) is 14.8. The van der Waals surface area contributed by atoms with E-state index in [4.69, 9.17) is 10.5 Å². The quantitative estimate of drug-likeness (QED) is 0.589. The summed E-state index contributed by atoms with van der Waals surface area (Å²) in [6, 6.07) is 16.7. The van der Waals surface area contributed by atoms with Crippen LogP contribution in [-0.4, -0.2) is 19.6 Å². The van der Waals surface area contributed by atoms with Gasteiger partial charge >= 0.3 is 0 Å². The van der Waals surface area contributed by atoms with Crippen molar-refractivity contribution < 1.29 is 18.3 Å². The zero-order chi connectivity index (χ0) is 22.5. The monoisotopic (exact) mass is 424 g/mol. The molecule has 0 aliphatic rings. The van der Waals surface area contributed by atoms with Crippen LogP contribution in [0.1, 0.15) is 28.3 Å². The number of nitrogens with two attached hydrogens (primary N) is 1. The predicted molar refractivity (Wildman–Crippen MR) is 118 cm³/mol.